The summed E-state index contributed by atoms with van der Waals surface area (Å²) in [7, 11) is 0. The zero-order chi connectivity index (χ0) is 20.0. The van der Waals surface area contributed by atoms with Crippen molar-refractivity contribution in [2.45, 2.75) is 12.8 Å². The van der Waals surface area contributed by atoms with Gasteiger partial charge in [0.05, 0.1) is 0 Å². The quantitative estimate of drug-likeness (QED) is 0.399. The second-order valence-electron chi connectivity index (χ2n) is 6.94. The Balaban J connectivity index is 1.56. The van der Waals surface area contributed by atoms with Crippen molar-refractivity contribution in [2.75, 3.05) is 5.32 Å². The number of carbonyl (C=O) groups excluding carboxylic acids is 3. The summed E-state index contributed by atoms with van der Waals surface area (Å²) in [6.07, 6.45) is -0.763. The van der Waals surface area contributed by atoms with Gasteiger partial charge in [-0.3, -0.25) is 14.9 Å². The molecule has 4 aromatic rings. The minimum Gasteiger partial charge on any atom is -0.311 e. The van der Waals surface area contributed by atoms with Crippen LogP contribution in [0.5, 0.6) is 0 Å². The maximum Gasteiger partial charge on any atom is 0.436 e. The Hall–Kier alpha value is -3.93. The summed E-state index contributed by atoms with van der Waals surface area (Å²) >= 11 is 0. The highest BCUT2D eigenvalue weighted by Gasteiger charge is 2.32. The van der Waals surface area contributed by atoms with Gasteiger partial charge >= 0.3 is 6.09 Å². The first-order valence-electron chi connectivity index (χ1n) is 9.30. The summed E-state index contributed by atoms with van der Waals surface area (Å²) in [5, 5.41) is 9.70. The molecule has 6 heteroatoms. The molecule has 1 aliphatic heterocycles. The summed E-state index contributed by atoms with van der Waals surface area (Å²) < 4.78 is 0. The maximum atomic E-state index is 12.2. The van der Waals surface area contributed by atoms with Crippen molar-refractivity contribution < 1.29 is 19.2 Å². The Kier molecular flexibility index (Phi) is 3.91. The van der Waals surface area contributed by atoms with E-state index in [-0.39, 0.29) is 12.8 Å². The average molecular weight is 384 g/mol. The maximum absolute atomic E-state index is 12.2. The fourth-order valence-corrected chi connectivity index (χ4v) is 3.87. The summed E-state index contributed by atoms with van der Waals surface area (Å²) in [5.41, 5.74) is 0.516. The second kappa shape index (κ2) is 6.60. The molecular formula is C23H16N2O4. The van der Waals surface area contributed by atoms with Crippen molar-refractivity contribution in [1.29, 1.82) is 0 Å². The number of anilines is 1. The van der Waals surface area contributed by atoms with Gasteiger partial charge in [-0.15, -0.1) is 5.06 Å². The van der Waals surface area contributed by atoms with E-state index < -0.39 is 17.9 Å². The molecule has 1 heterocycles. The van der Waals surface area contributed by atoms with E-state index in [0.717, 1.165) is 26.9 Å². The molecule has 1 aliphatic rings. The molecule has 4 aromatic carbocycles. The van der Waals surface area contributed by atoms with Gasteiger partial charge in [-0.1, -0.05) is 54.6 Å². The number of hydrogen-bond acceptors (Lipinski definition) is 4. The molecule has 1 saturated heterocycles. The SMILES string of the molecule is O=C(Nc1ccc2c3ccccc3c3ccccc3c2c1)ON1C(=O)CCC1=O. The van der Waals surface area contributed by atoms with Crippen molar-refractivity contribution in [2.24, 2.45) is 0 Å². The van der Waals surface area contributed by atoms with E-state index in [9.17, 15) is 14.4 Å². The van der Waals surface area contributed by atoms with Gasteiger partial charge in [-0.05, 0) is 44.5 Å². The molecule has 0 atom stereocenters. The Morgan fingerprint density at radius 2 is 1.21 bits per heavy atom. The first-order chi connectivity index (χ1) is 14.1. The van der Waals surface area contributed by atoms with Gasteiger partial charge in [0, 0.05) is 18.5 Å². The lowest BCUT2D eigenvalue weighted by atomic mass is 9.94. The lowest BCUT2D eigenvalue weighted by Gasteiger charge is -2.14. The molecule has 3 amide bonds. The minimum atomic E-state index is -0.877. The molecule has 0 aliphatic carbocycles. The molecule has 0 radical (unpaired) electrons. The van der Waals surface area contributed by atoms with Crippen LogP contribution in [-0.2, 0) is 14.4 Å². The van der Waals surface area contributed by atoms with Crippen LogP contribution in [0.3, 0.4) is 0 Å². The highest BCUT2D eigenvalue weighted by Crippen LogP contribution is 2.36. The molecule has 1 fully saturated rings. The normalized spacial score (nSPS) is 14.1. The molecule has 0 unspecified atom stereocenters. The first-order valence-corrected chi connectivity index (χ1v) is 9.30. The Morgan fingerprint density at radius 3 is 1.76 bits per heavy atom. The smallest absolute Gasteiger partial charge is 0.311 e. The predicted molar refractivity (Wildman–Crippen MR) is 110 cm³/mol. The van der Waals surface area contributed by atoms with Gasteiger partial charge in [0.15, 0.2) is 0 Å². The lowest BCUT2D eigenvalue weighted by Crippen LogP contribution is -2.33. The number of rotatable bonds is 2. The number of nitrogens with zero attached hydrogens (tertiary/aromatic N) is 1. The molecule has 5 rings (SSSR count). The molecule has 1 N–H and O–H groups in total. The second-order valence-corrected chi connectivity index (χ2v) is 6.94. The summed E-state index contributed by atoms with van der Waals surface area (Å²) in [6.45, 7) is 0. The molecule has 0 spiro atoms. The first kappa shape index (κ1) is 17.2. The van der Waals surface area contributed by atoms with Crippen LogP contribution in [-0.4, -0.2) is 23.0 Å². The number of hydroxylamine groups is 2. The zero-order valence-electron chi connectivity index (χ0n) is 15.3. The fourth-order valence-electron chi connectivity index (χ4n) is 3.87. The summed E-state index contributed by atoms with van der Waals surface area (Å²) in [5.74, 6) is -1.03. The van der Waals surface area contributed by atoms with Gasteiger partial charge in [-0.25, -0.2) is 4.79 Å². The molecule has 0 saturated carbocycles. The average Bonchev–Trinajstić information content (AvgIpc) is 3.06. The van der Waals surface area contributed by atoms with Crippen LogP contribution in [0.25, 0.3) is 32.3 Å². The van der Waals surface area contributed by atoms with Crippen molar-refractivity contribution >= 4 is 55.9 Å². The number of carbonyl (C=O) groups is 3. The van der Waals surface area contributed by atoms with Crippen LogP contribution in [0.15, 0.2) is 66.7 Å². The fraction of sp³-hybridized carbons (Fsp3) is 0.0870. The van der Waals surface area contributed by atoms with E-state index >= 15 is 0 Å². The van der Waals surface area contributed by atoms with Gasteiger partial charge in [0.2, 0.25) is 0 Å². The van der Waals surface area contributed by atoms with E-state index in [1.54, 1.807) is 6.07 Å². The van der Waals surface area contributed by atoms with E-state index in [1.807, 2.05) is 42.5 Å². The topological polar surface area (TPSA) is 75.7 Å². The van der Waals surface area contributed by atoms with Crippen LogP contribution in [0.4, 0.5) is 10.5 Å². The van der Waals surface area contributed by atoms with Gasteiger partial charge in [0.25, 0.3) is 11.8 Å². The zero-order valence-corrected chi connectivity index (χ0v) is 15.3. The standard InChI is InChI=1S/C23H16N2O4/c26-21-11-12-22(27)25(21)29-23(28)24-14-9-10-19-17-7-2-1-5-15(17)16-6-3-4-8-18(16)20(19)13-14/h1-10,13H,11-12H2,(H,24,28). The van der Waals surface area contributed by atoms with Crippen LogP contribution in [0.2, 0.25) is 0 Å². The minimum absolute atomic E-state index is 0.0567. The number of nitrogens with one attached hydrogen (secondary N) is 1. The monoisotopic (exact) mass is 384 g/mol. The van der Waals surface area contributed by atoms with Crippen LogP contribution in [0.1, 0.15) is 12.8 Å². The molecule has 142 valence electrons. The molecule has 0 bridgehead atoms. The van der Waals surface area contributed by atoms with Crippen molar-refractivity contribution in [3.8, 4) is 0 Å². The number of amides is 3. The summed E-state index contributed by atoms with van der Waals surface area (Å²) in [4.78, 5) is 40.3. The van der Waals surface area contributed by atoms with E-state index in [0.29, 0.717) is 10.8 Å². The predicted octanol–water partition coefficient (Wildman–Crippen LogP) is 4.76. The van der Waals surface area contributed by atoms with E-state index in [1.165, 1.54) is 5.39 Å². The Morgan fingerprint density at radius 1 is 0.724 bits per heavy atom. The number of fused-ring (bicyclic) bond motifs is 6. The van der Waals surface area contributed by atoms with Crippen molar-refractivity contribution in [3.63, 3.8) is 0 Å². The van der Waals surface area contributed by atoms with E-state index in [2.05, 4.69) is 23.5 Å². The van der Waals surface area contributed by atoms with Gasteiger partial charge < -0.3 is 4.84 Å². The van der Waals surface area contributed by atoms with Crippen LogP contribution < -0.4 is 5.32 Å². The third kappa shape index (κ3) is 2.86. The molecule has 0 aromatic heterocycles. The van der Waals surface area contributed by atoms with E-state index in [4.69, 9.17) is 4.84 Å². The highest BCUT2D eigenvalue weighted by molar-refractivity contribution is 6.25. The number of benzene rings is 4. The van der Waals surface area contributed by atoms with Gasteiger partial charge in [0.1, 0.15) is 0 Å². The molecular weight excluding hydrogens is 368 g/mol. The molecule has 6 nitrogen and oxygen atoms in total. The molecule has 29 heavy (non-hydrogen) atoms. The van der Waals surface area contributed by atoms with Crippen molar-refractivity contribution in [3.05, 3.63) is 66.7 Å². The van der Waals surface area contributed by atoms with Gasteiger partial charge in [-0.2, -0.15) is 0 Å². The number of imide groups is 1. The van der Waals surface area contributed by atoms with Crippen LogP contribution in [0, 0.1) is 0 Å². The third-order valence-corrected chi connectivity index (χ3v) is 5.17. The third-order valence-electron chi connectivity index (χ3n) is 5.17. The van der Waals surface area contributed by atoms with Crippen LogP contribution >= 0.6 is 0 Å². The lowest BCUT2D eigenvalue weighted by molar-refractivity contribution is -0.170. The largest absolute Gasteiger partial charge is 0.436 e. The number of hydrogen-bond donors (Lipinski definition) is 1. The highest BCUT2D eigenvalue weighted by atomic mass is 16.7. The summed E-state index contributed by atoms with van der Waals surface area (Å²) in [6, 6.07) is 21.9. The Labute approximate surface area is 165 Å². The Bertz CT molecular complexity index is 1280. The van der Waals surface area contributed by atoms with Crippen molar-refractivity contribution in [1.82, 2.24) is 5.06 Å².